The molecule has 0 bridgehead atoms. The van der Waals surface area contributed by atoms with E-state index in [1.165, 1.54) is 0 Å². The van der Waals surface area contributed by atoms with Gasteiger partial charge in [0.05, 0.1) is 0 Å². The number of hydrogen-bond donors (Lipinski definition) is 1. The highest BCUT2D eigenvalue weighted by molar-refractivity contribution is 6.00. The Morgan fingerprint density at radius 2 is 1.67 bits per heavy atom. The fourth-order valence-electron chi connectivity index (χ4n) is 4.03. The molecule has 2 aromatic carbocycles. The molecule has 0 unspecified atom stereocenters. The predicted molar refractivity (Wildman–Crippen MR) is 119 cm³/mol. The number of Topliss-reactive ketones (excluding diaryl/α,β-unsaturated/α-hetero) is 1. The van der Waals surface area contributed by atoms with Crippen LogP contribution in [0, 0.1) is 5.92 Å². The molecule has 0 saturated carbocycles. The van der Waals surface area contributed by atoms with Crippen LogP contribution in [0.2, 0.25) is 0 Å². The van der Waals surface area contributed by atoms with Crippen molar-refractivity contribution < 1.29 is 9.59 Å². The van der Waals surface area contributed by atoms with E-state index in [4.69, 9.17) is 0 Å². The van der Waals surface area contributed by atoms with Crippen LogP contribution in [0.4, 0.5) is 0 Å². The fourth-order valence-corrected chi connectivity index (χ4v) is 4.03. The van der Waals surface area contributed by atoms with Crippen molar-refractivity contribution in [3.05, 3.63) is 78.1 Å². The number of aromatic nitrogens is 1. The van der Waals surface area contributed by atoms with Crippen molar-refractivity contribution in [1.29, 1.82) is 0 Å². The van der Waals surface area contributed by atoms with E-state index in [0.717, 1.165) is 48.8 Å². The standard InChI is InChI=1S/C25H27N3O2/c29-24(23-6-5-20-3-1-2-4-22(20)17-23)9-14-27-18-19-10-15-28(16-11-19)25(30)21-7-12-26-13-8-21/h1-8,12-13,17,19,27H,9-11,14-16,18H2. The number of carbonyl (C=O) groups excluding carboxylic acids is 2. The first-order valence-corrected chi connectivity index (χ1v) is 10.6. The summed E-state index contributed by atoms with van der Waals surface area (Å²) >= 11 is 0. The van der Waals surface area contributed by atoms with Gasteiger partial charge in [0, 0.05) is 49.6 Å². The molecule has 3 aromatic rings. The number of pyridine rings is 1. The smallest absolute Gasteiger partial charge is 0.253 e. The van der Waals surface area contributed by atoms with Gasteiger partial charge in [-0.3, -0.25) is 14.6 Å². The first kappa shape index (κ1) is 20.2. The Morgan fingerprint density at radius 3 is 2.43 bits per heavy atom. The van der Waals surface area contributed by atoms with E-state index in [2.05, 4.69) is 16.4 Å². The minimum absolute atomic E-state index is 0.0878. The second kappa shape index (κ2) is 9.63. The van der Waals surface area contributed by atoms with Crippen molar-refractivity contribution >= 4 is 22.5 Å². The van der Waals surface area contributed by atoms with Crippen LogP contribution in [0.3, 0.4) is 0 Å². The number of hydrogen-bond acceptors (Lipinski definition) is 4. The zero-order chi connectivity index (χ0) is 20.8. The Bertz CT molecular complexity index is 1010. The molecule has 5 heteroatoms. The highest BCUT2D eigenvalue weighted by atomic mass is 16.2. The van der Waals surface area contributed by atoms with Gasteiger partial charge in [-0.05, 0) is 54.3 Å². The lowest BCUT2D eigenvalue weighted by molar-refractivity contribution is 0.0689. The van der Waals surface area contributed by atoms with E-state index < -0.39 is 0 Å². The molecule has 30 heavy (non-hydrogen) atoms. The van der Waals surface area contributed by atoms with Gasteiger partial charge in [0.25, 0.3) is 5.91 Å². The molecule has 1 aliphatic heterocycles. The molecule has 1 N–H and O–H groups in total. The summed E-state index contributed by atoms with van der Waals surface area (Å²) in [6.07, 6.45) is 5.79. The number of nitrogens with one attached hydrogen (secondary N) is 1. The van der Waals surface area contributed by atoms with Gasteiger partial charge in [0.1, 0.15) is 0 Å². The number of piperidine rings is 1. The molecule has 154 valence electrons. The van der Waals surface area contributed by atoms with Crippen LogP contribution in [-0.2, 0) is 0 Å². The third-order valence-electron chi connectivity index (χ3n) is 5.86. The topological polar surface area (TPSA) is 62.3 Å². The largest absolute Gasteiger partial charge is 0.339 e. The number of carbonyl (C=O) groups is 2. The number of likely N-dealkylation sites (tertiary alicyclic amines) is 1. The lowest BCUT2D eigenvalue weighted by atomic mass is 9.96. The summed E-state index contributed by atoms with van der Waals surface area (Å²) in [7, 11) is 0. The van der Waals surface area contributed by atoms with Gasteiger partial charge in [0.2, 0.25) is 0 Å². The summed E-state index contributed by atoms with van der Waals surface area (Å²) in [5.74, 6) is 0.804. The molecule has 1 amide bonds. The average Bonchev–Trinajstić information content (AvgIpc) is 2.82. The third-order valence-corrected chi connectivity index (χ3v) is 5.86. The summed E-state index contributed by atoms with van der Waals surface area (Å²) in [6, 6.07) is 17.5. The summed E-state index contributed by atoms with van der Waals surface area (Å²) in [6.45, 7) is 3.14. The molecule has 1 fully saturated rings. The molecule has 1 saturated heterocycles. The zero-order valence-corrected chi connectivity index (χ0v) is 17.1. The molecular weight excluding hydrogens is 374 g/mol. The van der Waals surface area contributed by atoms with E-state index in [-0.39, 0.29) is 11.7 Å². The Kier molecular flexibility index (Phi) is 6.50. The van der Waals surface area contributed by atoms with Crippen molar-refractivity contribution in [2.45, 2.75) is 19.3 Å². The van der Waals surface area contributed by atoms with Crippen molar-refractivity contribution in [2.24, 2.45) is 5.92 Å². The summed E-state index contributed by atoms with van der Waals surface area (Å²) < 4.78 is 0. The van der Waals surface area contributed by atoms with Crippen LogP contribution in [-0.4, -0.2) is 47.8 Å². The number of amides is 1. The zero-order valence-electron chi connectivity index (χ0n) is 17.1. The van der Waals surface area contributed by atoms with Crippen molar-refractivity contribution in [2.75, 3.05) is 26.2 Å². The van der Waals surface area contributed by atoms with Gasteiger partial charge in [-0.15, -0.1) is 0 Å². The third kappa shape index (κ3) is 4.92. The Labute approximate surface area is 177 Å². The first-order chi connectivity index (χ1) is 14.7. The minimum atomic E-state index is 0.0878. The van der Waals surface area contributed by atoms with E-state index in [1.54, 1.807) is 24.5 Å². The number of nitrogens with zero attached hydrogens (tertiary/aromatic N) is 2. The molecule has 0 atom stereocenters. The Balaban J connectivity index is 1.18. The van der Waals surface area contributed by atoms with Gasteiger partial charge in [0.15, 0.2) is 5.78 Å². The van der Waals surface area contributed by atoms with Crippen LogP contribution in [0.5, 0.6) is 0 Å². The fraction of sp³-hybridized carbons (Fsp3) is 0.320. The summed E-state index contributed by atoms with van der Waals surface area (Å²) in [5.41, 5.74) is 1.48. The molecule has 0 aliphatic carbocycles. The van der Waals surface area contributed by atoms with Gasteiger partial charge < -0.3 is 10.2 Å². The minimum Gasteiger partial charge on any atom is -0.339 e. The van der Waals surface area contributed by atoms with Crippen molar-refractivity contribution in [3.63, 3.8) is 0 Å². The monoisotopic (exact) mass is 401 g/mol. The van der Waals surface area contributed by atoms with Crippen LogP contribution in [0.25, 0.3) is 10.8 Å². The molecule has 5 nitrogen and oxygen atoms in total. The number of rotatable bonds is 7. The Hall–Kier alpha value is -3.05. The maximum Gasteiger partial charge on any atom is 0.253 e. The normalized spacial score (nSPS) is 14.7. The van der Waals surface area contributed by atoms with Crippen LogP contribution < -0.4 is 5.32 Å². The average molecular weight is 402 g/mol. The van der Waals surface area contributed by atoms with Gasteiger partial charge in [-0.1, -0.05) is 36.4 Å². The molecular formula is C25H27N3O2. The lowest BCUT2D eigenvalue weighted by Gasteiger charge is -2.32. The predicted octanol–water partition coefficient (Wildman–Crippen LogP) is 3.95. The molecule has 4 rings (SSSR count). The van der Waals surface area contributed by atoms with Crippen LogP contribution >= 0.6 is 0 Å². The summed E-state index contributed by atoms with van der Waals surface area (Å²) in [4.78, 5) is 30.9. The van der Waals surface area contributed by atoms with Gasteiger partial charge in [-0.2, -0.15) is 0 Å². The molecule has 1 aromatic heterocycles. The number of ketones is 1. The molecule has 2 heterocycles. The second-order valence-electron chi connectivity index (χ2n) is 7.91. The summed E-state index contributed by atoms with van der Waals surface area (Å²) in [5, 5.41) is 5.69. The molecule has 1 aliphatic rings. The van der Waals surface area contributed by atoms with Gasteiger partial charge in [-0.25, -0.2) is 0 Å². The highest BCUT2D eigenvalue weighted by Gasteiger charge is 2.23. The maximum absolute atomic E-state index is 12.5. The second-order valence-corrected chi connectivity index (χ2v) is 7.91. The van der Waals surface area contributed by atoms with E-state index in [9.17, 15) is 9.59 Å². The van der Waals surface area contributed by atoms with E-state index >= 15 is 0 Å². The van der Waals surface area contributed by atoms with Crippen molar-refractivity contribution in [3.8, 4) is 0 Å². The molecule has 0 spiro atoms. The first-order valence-electron chi connectivity index (χ1n) is 10.6. The highest BCUT2D eigenvalue weighted by Crippen LogP contribution is 2.19. The SMILES string of the molecule is O=C(CCNCC1CCN(C(=O)c2ccncc2)CC1)c1ccc2ccccc2c1. The van der Waals surface area contributed by atoms with Crippen LogP contribution in [0.1, 0.15) is 40.0 Å². The molecule has 0 radical (unpaired) electrons. The van der Waals surface area contributed by atoms with E-state index in [1.807, 2.05) is 41.3 Å². The number of fused-ring (bicyclic) bond motifs is 1. The van der Waals surface area contributed by atoms with Crippen molar-refractivity contribution in [1.82, 2.24) is 15.2 Å². The maximum atomic E-state index is 12.5. The van der Waals surface area contributed by atoms with E-state index in [0.29, 0.717) is 24.4 Å². The quantitative estimate of drug-likeness (QED) is 0.481. The number of benzene rings is 2. The Morgan fingerprint density at radius 1 is 0.933 bits per heavy atom. The van der Waals surface area contributed by atoms with Crippen LogP contribution in [0.15, 0.2) is 67.0 Å². The van der Waals surface area contributed by atoms with Gasteiger partial charge >= 0.3 is 0 Å². The lowest BCUT2D eigenvalue weighted by Crippen LogP contribution is -2.41.